The fourth-order valence-corrected chi connectivity index (χ4v) is 5.48. The number of hydrogen-bond acceptors (Lipinski definition) is 3. The molecule has 3 heterocycles. The number of carbonyl (C=O) groups excluding carboxylic acids is 1. The minimum atomic E-state index is -0.897. The molecule has 0 radical (unpaired) electrons. The van der Waals surface area contributed by atoms with Gasteiger partial charge in [-0.3, -0.25) is 4.79 Å². The molecule has 1 saturated heterocycles. The predicted octanol–water partition coefficient (Wildman–Crippen LogP) is 3.57. The Morgan fingerprint density at radius 3 is 2.60 bits per heavy atom. The highest BCUT2D eigenvalue weighted by Crippen LogP contribution is 2.44. The van der Waals surface area contributed by atoms with Crippen molar-refractivity contribution >= 4 is 22.6 Å². The van der Waals surface area contributed by atoms with Crippen LogP contribution in [0.4, 0.5) is 10.1 Å². The van der Waals surface area contributed by atoms with Gasteiger partial charge in [0.15, 0.2) is 0 Å². The molecular formula is C24H25FN4O. The van der Waals surface area contributed by atoms with Crippen LogP contribution in [-0.4, -0.2) is 45.2 Å². The van der Waals surface area contributed by atoms with Gasteiger partial charge in [0.2, 0.25) is 0 Å². The maximum atomic E-state index is 13.4. The minimum Gasteiger partial charge on any atom is -0.377 e. The zero-order chi connectivity index (χ0) is 20.6. The first kappa shape index (κ1) is 17.9. The van der Waals surface area contributed by atoms with Crippen molar-refractivity contribution in [3.63, 3.8) is 0 Å². The van der Waals surface area contributed by atoms with Crippen molar-refractivity contribution < 1.29 is 9.18 Å². The Bertz CT molecular complexity index is 1180. The molecular weight excluding hydrogens is 379 g/mol. The van der Waals surface area contributed by atoms with E-state index in [-0.39, 0.29) is 24.5 Å². The molecule has 1 aromatic heterocycles. The van der Waals surface area contributed by atoms with Gasteiger partial charge in [-0.2, -0.15) is 0 Å². The summed E-state index contributed by atoms with van der Waals surface area (Å²) in [6, 6.07) is 10.6. The quantitative estimate of drug-likeness (QED) is 0.675. The second-order valence-corrected chi connectivity index (χ2v) is 9.20. The van der Waals surface area contributed by atoms with Gasteiger partial charge in [-0.25, -0.2) is 9.37 Å². The van der Waals surface area contributed by atoms with Gasteiger partial charge in [0.25, 0.3) is 5.91 Å². The first-order valence-corrected chi connectivity index (χ1v) is 10.7. The summed E-state index contributed by atoms with van der Waals surface area (Å²) in [4.78, 5) is 19.7. The first-order valence-electron chi connectivity index (χ1n) is 10.7. The van der Waals surface area contributed by atoms with Crippen molar-refractivity contribution in [2.75, 3.05) is 18.4 Å². The van der Waals surface area contributed by atoms with E-state index in [1.54, 1.807) is 4.90 Å². The maximum Gasteiger partial charge on any atom is 0.254 e. The average Bonchev–Trinajstić information content (AvgIpc) is 3.21. The smallest absolute Gasteiger partial charge is 0.254 e. The van der Waals surface area contributed by atoms with Crippen molar-refractivity contribution in [1.82, 2.24) is 14.5 Å². The number of anilines is 1. The summed E-state index contributed by atoms with van der Waals surface area (Å²) < 4.78 is 15.4. The molecule has 1 spiro atoms. The summed E-state index contributed by atoms with van der Waals surface area (Å²) in [5.41, 5.74) is 7.40. The van der Waals surface area contributed by atoms with E-state index in [1.807, 2.05) is 24.6 Å². The molecule has 0 saturated carbocycles. The Balaban J connectivity index is 1.47. The van der Waals surface area contributed by atoms with Crippen molar-refractivity contribution in [3.8, 4) is 0 Å². The molecule has 1 aliphatic carbocycles. The molecule has 1 N–H and O–H groups in total. The number of nitrogens with zero attached hydrogens (tertiary/aromatic N) is 3. The van der Waals surface area contributed by atoms with Crippen LogP contribution < -0.4 is 5.32 Å². The second-order valence-electron chi connectivity index (χ2n) is 9.20. The highest BCUT2D eigenvalue weighted by Gasteiger charge is 2.42. The van der Waals surface area contributed by atoms with E-state index in [0.29, 0.717) is 5.56 Å². The van der Waals surface area contributed by atoms with Crippen molar-refractivity contribution in [3.05, 3.63) is 58.4 Å². The van der Waals surface area contributed by atoms with E-state index >= 15 is 0 Å². The summed E-state index contributed by atoms with van der Waals surface area (Å²) in [6.07, 6.45) is 2.88. The number of fused-ring (bicyclic) bond motifs is 4. The highest BCUT2D eigenvalue weighted by atomic mass is 19.1. The molecule has 3 aromatic rings. The van der Waals surface area contributed by atoms with Gasteiger partial charge < -0.3 is 14.8 Å². The molecule has 2 aromatic carbocycles. The van der Waals surface area contributed by atoms with Gasteiger partial charge in [0.05, 0.1) is 24.3 Å². The van der Waals surface area contributed by atoms with Crippen LogP contribution in [-0.2, 0) is 26.3 Å². The second kappa shape index (κ2) is 6.06. The van der Waals surface area contributed by atoms with E-state index < -0.39 is 6.17 Å². The van der Waals surface area contributed by atoms with Crippen LogP contribution in [0.5, 0.6) is 0 Å². The van der Waals surface area contributed by atoms with Gasteiger partial charge in [0, 0.05) is 18.2 Å². The number of halogens is 1. The topological polar surface area (TPSA) is 50.2 Å². The lowest BCUT2D eigenvalue weighted by atomic mass is 9.81. The predicted molar refractivity (Wildman–Crippen MR) is 115 cm³/mol. The van der Waals surface area contributed by atoms with Crippen LogP contribution in [0.3, 0.4) is 0 Å². The molecule has 1 amide bonds. The van der Waals surface area contributed by atoms with Gasteiger partial charge in [0.1, 0.15) is 17.5 Å². The maximum absolute atomic E-state index is 13.4. The number of rotatable bonds is 1. The van der Waals surface area contributed by atoms with E-state index in [9.17, 15) is 9.18 Å². The van der Waals surface area contributed by atoms with Crippen molar-refractivity contribution in [1.29, 1.82) is 0 Å². The first-order chi connectivity index (χ1) is 14.4. The molecule has 6 heteroatoms. The van der Waals surface area contributed by atoms with E-state index in [1.165, 1.54) is 11.1 Å². The normalized spacial score (nSPS) is 19.5. The van der Waals surface area contributed by atoms with E-state index in [0.717, 1.165) is 53.8 Å². The molecule has 3 aliphatic rings. The van der Waals surface area contributed by atoms with E-state index in [2.05, 4.69) is 29.6 Å². The average molecular weight is 404 g/mol. The monoisotopic (exact) mass is 404 g/mol. The molecule has 0 atom stereocenters. The van der Waals surface area contributed by atoms with Crippen LogP contribution in [0.1, 0.15) is 39.3 Å². The van der Waals surface area contributed by atoms with Crippen LogP contribution >= 0.6 is 0 Å². The van der Waals surface area contributed by atoms with Crippen LogP contribution in [0.15, 0.2) is 30.3 Å². The Morgan fingerprint density at radius 1 is 1.23 bits per heavy atom. The van der Waals surface area contributed by atoms with Crippen molar-refractivity contribution in [2.24, 2.45) is 7.05 Å². The fraction of sp³-hybridized carbons (Fsp3) is 0.417. The molecule has 5 nitrogen and oxygen atoms in total. The zero-order valence-corrected chi connectivity index (χ0v) is 17.3. The molecule has 6 rings (SSSR count). The summed E-state index contributed by atoms with van der Waals surface area (Å²) in [7, 11) is 1.98. The number of hydrogen-bond donors (Lipinski definition) is 1. The number of benzene rings is 2. The molecule has 2 aliphatic heterocycles. The number of imidazole rings is 1. The zero-order valence-electron chi connectivity index (χ0n) is 17.3. The lowest BCUT2D eigenvalue weighted by molar-refractivity contribution is 0.0399. The number of nitrogens with one attached hydrogen (secondary N) is 1. The number of aromatic nitrogens is 2. The lowest BCUT2D eigenvalue weighted by Crippen LogP contribution is -2.52. The van der Waals surface area contributed by atoms with Crippen LogP contribution in [0.2, 0.25) is 0 Å². The molecule has 0 bridgehead atoms. The third-order valence-electron chi connectivity index (χ3n) is 7.28. The Kier molecular flexibility index (Phi) is 3.62. The fourth-order valence-electron chi connectivity index (χ4n) is 5.48. The van der Waals surface area contributed by atoms with Crippen LogP contribution in [0, 0.1) is 6.92 Å². The van der Waals surface area contributed by atoms with E-state index in [4.69, 9.17) is 4.98 Å². The highest BCUT2D eigenvalue weighted by molar-refractivity contribution is 6.05. The summed E-state index contributed by atoms with van der Waals surface area (Å²) in [5.74, 6) is 0.856. The molecule has 0 unspecified atom stereocenters. The summed E-state index contributed by atoms with van der Waals surface area (Å²) in [5, 5.41) is 3.86. The lowest BCUT2D eigenvalue weighted by Gasteiger charge is -2.39. The van der Waals surface area contributed by atoms with Gasteiger partial charge in [-0.15, -0.1) is 0 Å². The van der Waals surface area contributed by atoms with Crippen LogP contribution in [0.25, 0.3) is 11.0 Å². The third-order valence-corrected chi connectivity index (χ3v) is 7.28. The Morgan fingerprint density at radius 2 is 1.93 bits per heavy atom. The standard InChI is InChI=1S/C24H25FN4O/c1-14-26-22-20(28(14)2)9-19(23(30)29-12-17(25)13-29)18-7-8-24(27-21(18)22)10-15-5-3-4-6-16(15)11-24/h3-6,9,17,27H,7-8,10-13H2,1-2H3. The molecule has 30 heavy (non-hydrogen) atoms. The minimum absolute atomic E-state index is 0.0303. The Hall–Kier alpha value is -2.89. The van der Waals surface area contributed by atoms with Gasteiger partial charge in [-0.05, 0) is 55.4 Å². The number of amides is 1. The molecule has 1 fully saturated rings. The summed E-state index contributed by atoms with van der Waals surface area (Å²) in [6.45, 7) is 2.38. The third kappa shape index (κ3) is 2.45. The number of likely N-dealkylation sites (tertiary alicyclic amines) is 1. The number of aryl methyl sites for hydroxylation is 2. The van der Waals surface area contributed by atoms with Gasteiger partial charge in [-0.1, -0.05) is 24.3 Å². The number of carbonyl (C=O) groups is 1. The largest absolute Gasteiger partial charge is 0.377 e. The number of alkyl halides is 1. The SMILES string of the molecule is Cc1nc2c3c(c(C(=O)N4CC(F)C4)cc2n1C)CCC1(Cc2ccccc2C1)N3. The molecule has 154 valence electrons. The Labute approximate surface area is 174 Å². The van der Waals surface area contributed by atoms with Crippen molar-refractivity contribution in [2.45, 2.75) is 44.3 Å². The summed E-state index contributed by atoms with van der Waals surface area (Å²) >= 11 is 0. The van der Waals surface area contributed by atoms with Gasteiger partial charge >= 0.3 is 0 Å².